The van der Waals surface area contributed by atoms with Crippen molar-refractivity contribution in [1.82, 2.24) is 0 Å². The highest BCUT2D eigenvalue weighted by Crippen LogP contribution is 2.48. The maximum absolute atomic E-state index is 11.9. The number of halogens is 2. The fourth-order valence-electron chi connectivity index (χ4n) is 3.00. The summed E-state index contributed by atoms with van der Waals surface area (Å²) in [5.41, 5.74) is 1.84. The molecule has 0 radical (unpaired) electrons. The smallest absolute Gasteiger partial charge is 0.328 e. The van der Waals surface area contributed by atoms with Gasteiger partial charge in [-0.2, -0.15) is 0 Å². The Balaban J connectivity index is 2.10. The minimum atomic E-state index is -0.355. The molecule has 3 nitrogen and oxygen atoms in total. The third-order valence-electron chi connectivity index (χ3n) is 3.83. The van der Waals surface area contributed by atoms with Crippen molar-refractivity contribution in [2.45, 2.75) is 18.4 Å². The van der Waals surface area contributed by atoms with Crippen LogP contribution in [0.5, 0.6) is 0 Å². The molecule has 1 aliphatic carbocycles. The number of anilines is 1. The second kappa shape index (κ2) is 4.73. The molecule has 1 heterocycles. The van der Waals surface area contributed by atoms with Crippen molar-refractivity contribution in [2.75, 3.05) is 12.4 Å². The quantitative estimate of drug-likeness (QED) is 0.635. The lowest BCUT2D eigenvalue weighted by Gasteiger charge is -2.36. The number of methoxy groups -OCH3 is 1. The fourth-order valence-corrected chi connectivity index (χ4v) is 3.62. The number of rotatable bonds is 1. The maximum Gasteiger partial charge on any atom is 0.328 e. The molecule has 0 amide bonds. The maximum atomic E-state index is 11.9. The summed E-state index contributed by atoms with van der Waals surface area (Å²) in [7, 11) is 1.40. The van der Waals surface area contributed by atoms with E-state index in [1.807, 2.05) is 0 Å². The Hall–Kier alpha value is -1.19. The zero-order valence-corrected chi connectivity index (χ0v) is 11.8. The van der Waals surface area contributed by atoms with Crippen molar-refractivity contribution >= 4 is 34.9 Å². The molecule has 1 N–H and O–H groups in total. The molecular formula is C14H13Cl2NO2. The first-order chi connectivity index (χ1) is 9.11. The first-order valence-electron chi connectivity index (χ1n) is 6.12. The molecule has 0 fully saturated rings. The van der Waals surface area contributed by atoms with Crippen LogP contribution in [0.1, 0.15) is 17.9 Å². The van der Waals surface area contributed by atoms with Crippen LogP contribution >= 0.6 is 23.2 Å². The summed E-state index contributed by atoms with van der Waals surface area (Å²) in [6.45, 7) is 0. The van der Waals surface area contributed by atoms with E-state index in [0.717, 1.165) is 17.7 Å². The number of hydrogen-bond donors (Lipinski definition) is 1. The number of fused-ring (bicyclic) bond motifs is 3. The number of carbonyl (C=O) groups excluding carboxylic acids is 1. The van der Waals surface area contributed by atoms with Gasteiger partial charge in [0.2, 0.25) is 0 Å². The average molecular weight is 298 g/mol. The van der Waals surface area contributed by atoms with E-state index in [9.17, 15) is 4.79 Å². The Bertz CT molecular complexity index is 571. The number of ether oxygens (including phenoxy) is 1. The summed E-state index contributed by atoms with van der Waals surface area (Å²) in [6.07, 6.45) is 5.04. The molecule has 0 spiro atoms. The van der Waals surface area contributed by atoms with E-state index in [1.165, 1.54) is 7.11 Å². The topological polar surface area (TPSA) is 38.3 Å². The van der Waals surface area contributed by atoms with Crippen LogP contribution < -0.4 is 5.32 Å². The summed E-state index contributed by atoms with van der Waals surface area (Å²) >= 11 is 12.3. The van der Waals surface area contributed by atoms with Gasteiger partial charge in [0.1, 0.15) is 6.04 Å². The molecule has 5 heteroatoms. The molecule has 1 aromatic rings. The van der Waals surface area contributed by atoms with Gasteiger partial charge < -0.3 is 10.1 Å². The Morgan fingerprint density at radius 1 is 1.42 bits per heavy atom. The summed E-state index contributed by atoms with van der Waals surface area (Å²) in [5, 5.41) is 4.41. The van der Waals surface area contributed by atoms with Crippen molar-refractivity contribution in [3.05, 3.63) is 39.9 Å². The van der Waals surface area contributed by atoms with Crippen LogP contribution in [0.4, 0.5) is 5.69 Å². The highest BCUT2D eigenvalue weighted by molar-refractivity contribution is 6.35. The van der Waals surface area contributed by atoms with Gasteiger partial charge in [0, 0.05) is 33.1 Å². The molecule has 100 valence electrons. The molecule has 19 heavy (non-hydrogen) atoms. The number of benzene rings is 1. The summed E-state index contributed by atoms with van der Waals surface area (Å²) in [4.78, 5) is 11.9. The Morgan fingerprint density at radius 3 is 2.95 bits per heavy atom. The van der Waals surface area contributed by atoms with E-state index in [4.69, 9.17) is 27.9 Å². The van der Waals surface area contributed by atoms with Gasteiger partial charge in [-0.05, 0) is 18.6 Å². The highest BCUT2D eigenvalue weighted by Gasteiger charge is 2.42. The van der Waals surface area contributed by atoms with E-state index in [1.54, 1.807) is 12.1 Å². The SMILES string of the molecule is COC(=O)C1Nc2cc(Cl)cc(Cl)c2C2C=CCC12. The molecular weight excluding hydrogens is 285 g/mol. The molecule has 3 atom stereocenters. The Kier molecular flexibility index (Phi) is 3.19. The van der Waals surface area contributed by atoms with Crippen molar-refractivity contribution in [3.8, 4) is 0 Å². The van der Waals surface area contributed by atoms with Gasteiger partial charge in [-0.15, -0.1) is 0 Å². The van der Waals surface area contributed by atoms with Gasteiger partial charge in [-0.1, -0.05) is 35.4 Å². The fraction of sp³-hybridized carbons (Fsp3) is 0.357. The third-order valence-corrected chi connectivity index (χ3v) is 4.37. The van der Waals surface area contributed by atoms with Crippen LogP contribution in [0.2, 0.25) is 10.0 Å². The lowest BCUT2D eigenvalue weighted by atomic mass is 9.79. The van der Waals surface area contributed by atoms with E-state index in [0.29, 0.717) is 10.0 Å². The van der Waals surface area contributed by atoms with Crippen molar-refractivity contribution < 1.29 is 9.53 Å². The van der Waals surface area contributed by atoms with Gasteiger partial charge in [0.15, 0.2) is 0 Å². The second-order valence-electron chi connectivity index (χ2n) is 4.85. The lowest BCUT2D eigenvalue weighted by molar-refractivity contribution is -0.142. The van der Waals surface area contributed by atoms with Gasteiger partial charge >= 0.3 is 5.97 Å². The van der Waals surface area contributed by atoms with Crippen molar-refractivity contribution in [1.29, 1.82) is 0 Å². The van der Waals surface area contributed by atoms with Crippen LogP contribution in [0, 0.1) is 5.92 Å². The molecule has 0 aromatic heterocycles. The summed E-state index contributed by atoms with van der Waals surface area (Å²) in [5.74, 6) is 0.0455. The molecule has 0 saturated heterocycles. The zero-order valence-electron chi connectivity index (χ0n) is 10.3. The van der Waals surface area contributed by atoms with Gasteiger partial charge in [0.25, 0.3) is 0 Å². The van der Waals surface area contributed by atoms with Gasteiger partial charge in [0.05, 0.1) is 7.11 Å². The Labute approximate surface area is 121 Å². The predicted octanol–water partition coefficient (Wildman–Crippen LogP) is 3.62. The van der Waals surface area contributed by atoms with Crippen LogP contribution in [0.15, 0.2) is 24.3 Å². The normalized spacial score (nSPS) is 27.4. The number of esters is 1. The van der Waals surface area contributed by atoms with E-state index < -0.39 is 0 Å². The van der Waals surface area contributed by atoms with Crippen molar-refractivity contribution in [2.24, 2.45) is 5.92 Å². The number of allylic oxidation sites excluding steroid dienone is 2. The third kappa shape index (κ3) is 2.01. The lowest BCUT2D eigenvalue weighted by Crippen LogP contribution is -2.42. The second-order valence-corrected chi connectivity index (χ2v) is 5.69. The molecule has 0 saturated carbocycles. The average Bonchev–Trinajstić information content (AvgIpc) is 2.84. The monoisotopic (exact) mass is 297 g/mol. The van der Waals surface area contributed by atoms with E-state index in [-0.39, 0.29) is 23.8 Å². The molecule has 3 unspecified atom stereocenters. The van der Waals surface area contributed by atoms with E-state index >= 15 is 0 Å². The standard InChI is InChI=1S/C14H13Cl2NO2/c1-19-14(18)13-9-4-2-3-8(9)12-10(16)5-7(15)6-11(12)17-13/h2-3,5-6,8-9,13,17H,4H2,1H3. The van der Waals surface area contributed by atoms with Crippen LogP contribution in [-0.2, 0) is 9.53 Å². The number of carbonyl (C=O) groups is 1. The number of nitrogens with one attached hydrogen (secondary N) is 1. The molecule has 0 bridgehead atoms. The predicted molar refractivity (Wildman–Crippen MR) is 75.9 cm³/mol. The van der Waals surface area contributed by atoms with Crippen LogP contribution in [0.25, 0.3) is 0 Å². The number of hydrogen-bond acceptors (Lipinski definition) is 3. The summed E-state index contributed by atoms with van der Waals surface area (Å²) < 4.78 is 4.88. The molecule has 2 aliphatic rings. The molecule has 1 aromatic carbocycles. The van der Waals surface area contributed by atoms with Crippen LogP contribution in [0.3, 0.4) is 0 Å². The highest BCUT2D eigenvalue weighted by atomic mass is 35.5. The molecule has 3 rings (SSSR count). The van der Waals surface area contributed by atoms with Gasteiger partial charge in [-0.3, -0.25) is 0 Å². The summed E-state index contributed by atoms with van der Waals surface area (Å²) in [6, 6.07) is 3.19. The van der Waals surface area contributed by atoms with Crippen molar-refractivity contribution in [3.63, 3.8) is 0 Å². The Morgan fingerprint density at radius 2 is 2.21 bits per heavy atom. The minimum absolute atomic E-state index is 0.144. The van der Waals surface area contributed by atoms with Gasteiger partial charge in [-0.25, -0.2) is 4.79 Å². The van der Waals surface area contributed by atoms with E-state index in [2.05, 4.69) is 17.5 Å². The largest absolute Gasteiger partial charge is 0.467 e. The molecule has 1 aliphatic heterocycles. The first-order valence-corrected chi connectivity index (χ1v) is 6.87. The zero-order chi connectivity index (χ0) is 13.6. The minimum Gasteiger partial charge on any atom is -0.467 e. The first kappa shape index (κ1) is 12.8. The van der Waals surface area contributed by atoms with Crippen LogP contribution in [-0.4, -0.2) is 19.1 Å².